The fourth-order valence-corrected chi connectivity index (χ4v) is 3.29. The third-order valence-electron chi connectivity index (χ3n) is 4.56. The van der Waals surface area contributed by atoms with Crippen molar-refractivity contribution >= 4 is 17.4 Å². The summed E-state index contributed by atoms with van der Waals surface area (Å²) in [5.41, 5.74) is 2.26. The Morgan fingerprint density at radius 1 is 1.24 bits per heavy atom. The molecule has 29 heavy (non-hydrogen) atoms. The van der Waals surface area contributed by atoms with E-state index in [0.29, 0.717) is 22.3 Å². The number of aryl methyl sites for hydroxylation is 2. The molecule has 3 aromatic rings. The number of nitrogens with zero attached hydrogens (tertiary/aromatic N) is 3. The van der Waals surface area contributed by atoms with Gasteiger partial charge in [0.1, 0.15) is 5.82 Å². The minimum atomic E-state index is -0.0825. The van der Waals surface area contributed by atoms with E-state index in [1.807, 2.05) is 25.1 Å². The molecular weight excluding hydrogens is 388 g/mol. The first-order chi connectivity index (χ1) is 13.9. The largest absolute Gasteiger partial charge is 0.422 e. The van der Waals surface area contributed by atoms with Crippen LogP contribution >= 0.6 is 11.6 Å². The Hall–Kier alpha value is -2.86. The van der Waals surface area contributed by atoms with Crippen LogP contribution in [-0.2, 0) is 7.05 Å². The molecular formula is C22H25ClN4O2. The molecule has 0 amide bonds. The molecule has 2 aromatic heterocycles. The summed E-state index contributed by atoms with van der Waals surface area (Å²) >= 11 is 6.31. The first-order valence-electron chi connectivity index (χ1n) is 9.63. The van der Waals surface area contributed by atoms with Crippen LogP contribution in [0.5, 0.6) is 11.8 Å². The molecule has 0 aliphatic carbocycles. The van der Waals surface area contributed by atoms with Crippen molar-refractivity contribution in [1.29, 1.82) is 0 Å². The van der Waals surface area contributed by atoms with Crippen LogP contribution in [0.25, 0.3) is 11.3 Å². The number of hydrogen-bond acceptors (Lipinski definition) is 5. The molecule has 152 valence electrons. The monoisotopic (exact) mass is 412 g/mol. The number of halogens is 1. The molecule has 6 nitrogen and oxygen atoms in total. The lowest BCUT2D eigenvalue weighted by molar-refractivity contribution is 0.440. The number of benzene rings is 1. The van der Waals surface area contributed by atoms with Gasteiger partial charge in [-0.1, -0.05) is 37.1 Å². The average Bonchev–Trinajstić information content (AvgIpc) is 2.67. The minimum Gasteiger partial charge on any atom is -0.422 e. The van der Waals surface area contributed by atoms with Crippen molar-refractivity contribution in [3.05, 3.63) is 63.5 Å². The summed E-state index contributed by atoms with van der Waals surface area (Å²) in [7, 11) is 1.71. The number of hydrogen-bond donors (Lipinski definition) is 1. The predicted octanol–water partition coefficient (Wildman–Crippen LogP) is 5.20. The average molecular weight is 413 g/mol. The summed E-state index contributed by atoms with van der Waals surface area (Å²) in [4.78, 5) is 20.8. The summed E-state index contributed by atoms with van der Waals surface area (Å²) in [5, 5.41) is 3.90. The van der Waals surface area contributed by atoms with Crippen LogP contribution in [0.15, 0.2) is 47.4 Å². The van der Waals surface area contributed by atoms with Crippen molar-refractivity contribution in [3.63, 3.8) is 0 Å². The Labute approximate surface area is 175 Å². The smallest absolute Gasteiger partial charge is 0.324 e. The van der Waals surface area contributed by atoms with Gasteiger partial charge in [0.25, 0.3) is 0 Å². The van der Waals surface area contributed by atoms with Gasteiger partial charge in [0.05, 0.1) is 10.7 Å². The van der Waals surface area contributed by atoms with E-state index in [0.717, 1.165) is 24.0 Å². The molecule has 0 saturated heterocycles. The summed E-state index contributed by atoms with van der Waals surface area (Å²) in [5.74, 6) is 1.18. The highest BCUT2D eigenvalue weighted by atomic mass is 35.5. The molecule has 0 spiro atoms. The predicted molar refractivity (Wildman–Crippen MR) is 117 cm³/mol. The molecule has 0 fully saturated rings. The highest BCUT2D eigenvalue weighted by Crippen LogP contribution is 2.32. The van der Waals surface area contributed by atoms with Gasteiger partial charge >= 0.3 is 6.01 Å². The maximum atomic E-state index is 11.7. The molecule has 0 aliphatic heterocycles. The molecule has 2 heterocycles. The quantitative estimate of drug-likeness (QED) is 0.577. The normalized spacial score (nSPS) is 11.9. The Morgan fingerprint density at radius 3 is 2.72 bits per heavy atom. The van der Waals surface area contributed by atoms with E-state index in [1.54, 1.807) is 25.4 Å². The Bertz CT molecular complexity index is 1040. The van der Waals surface area contributed by atoms with Crippen molar-refractivity contribution < 1.29 is 4.74 Å². The van der Waals surface area contributed by atoms with Crippen LogP contribution in [0.1, 0.15) is 32.3 Å². The molecule has 0 aliphatic rings. The van der Waals surface area contributed by atoms with Gasteiger partial charge in [0, 0.05) is 37.0 Å². The van der Waals surface area contributed by atoms with E-state index < -0.39 is 0 Å². The zero-order chi connectivity index (χ0) is 21.0. The maximum absolute atomic E-state index is 11.7. The SMILES string of the molecule is CCC[C@H](C)Nc1cc(-c2ccc(=O)n(C)c2)nc(Oc2c(C)cccc2Cl)n1. The lowest BCUT2D eigenvalue weighted by atomic mass is 10.2. The van der Waals surface area contributed by atoms with Crippen LogP contribution in [0.2, 0.25) is 5.02 Å². The standard InChI is InChI=1S/C22H25ClN4O2/c1-5-7-15(3)24-19-12-18(16-10-11-20(28)27(4)13-16)25-22(26-19)29-21-14(2)8-6-9-17(21)23/h6,8-13,15H,5,7H2,1-4H3,(H,24,25,26)/t15-/m0/s1. The molecule has 1 N–H and O–H groups in total. The summed E-state index contributed by atoms with van der Waals surface area (Å²) in [6.07, 6.45) is 3.82. The van der Waals surface area contributed by atoms with Gasteiger partial charge in [-0.2, -0.15) is 9.97 Å². The molecule has 7 heteroatoms. The van der Waals surface area contributed by atoms with E-state index in [2.05, 4.69) is 29.1 Å². The number of anilines is 1. The third kappa shape index (κ3) is 5.15. The van der Waals surface area contributed by atoms with Crippen molar-refractivity contribution in [2.45, 2.75) is 39.7 Å². The van der Waals surface area contributed by atoms with Crippen LogP contribution in [0.3, 0.4) is 0 Å². The molecule has 3 rings (SSSR count). The van der Waals surface area contributed by atoms with Gasteiger partial charge in [-0.25, -0.2) is 0 Å². The molecule has 1 atom stereocenters. The van der Waals surface area contributed by atoms with Crippen LogP contribution < -0.4 is 15.6 Å². The zero-order valence-corrected chi connectivity index (χ0v) is 17.8. The number of aromatic nitrogens is 3. The molecule has 1 aromatic carbocycles. The van der Waals surface area contributed by atoms with E-state index in [4.69, 9.17) is 16.3 Å². The van der Waals surface area contributed by atoms with Crippen molar-refractivity contribution in [2.75, 3.05) is 5.32 Å². The number of para-hydroxylation sites is 1. The number of ether oxygens (including phenoxy) is 1. The number of nitrogens with one attached hydrogen (secondary N) is 1. The van der Waals surface area contributed by atoms with Gasteiger partial charge in [-0.3, -0.25) is 4.79 Å². The number of rotatable bonds is 7. The molecule has 0 bridgehead atoms. The minimum absolute atomic E-state index is 0.0825. The Morgan fingerprint density at radius 2 is 2.03 bits per heavy atom. The van der Waals surface area contributed by atoms with Gasteiger partial charge < -0.3 is 14.6 Å². The lowest BCUT2D eigenvalue weighted by Gasteiger charge is -2.16. The molecule has 0 radical (unpaired) electrons. The second kappa shape index (κ2) is 9.09. The molecule has 0 saturated carbocycles. The fourth-order valence-electron chi connectivity index (χ4n) is 3.03. The summed E-state index contributed by atoms with van der Waals surface area (Å²) < 4.78 is 7.49. The van der Waals surface area contributed by atoms with Crippen molar-refractivity contribution in [2.24, 2.45) is 7.05 Å². The van der Waals surface area contributed by atoms with Crippen LogP contribution in [0.4, 0.5) is 5.82 Å². The second-order valence-electron chi connectivity index (χ2n) is 7.11. The summed E-state index contributed by atoms with van der Waals surface area (Å²) in [6.45, 7) is 6.17. The lowest BCUT2D eigenvalue weighted by Crippen LogP contribution is -2.16. The van der Waals surface area contributed by atoms with E-state index in [-0.39, 0.29) is 17.6 Å². The van der Waals surface area contributed by atoms with Crippen LogP contribution in [-0.4, -0.2) is 20.6 Å². The third-order valence-corrected chi connectivity index (χ3v) is 4.86. The van der Waals surface area contributed by atoms with E-state index in [9.17, 15) is 4.79 Å². The maximum Gasteiger partial charge on any atom is 0.324 e. The topological polar surface area (TPSA) is 69.0 Å². The first-order valence-corrected chi connectivity index (χ1v) is 10.0. The van der Waals surface area contributed by atoms with Crippen LogP contribution in [0, 0.1) is 6.92 Å². The second-order valence-corrected chi connectivity index (χ2v) is 7.52. The number of pyridine rings is 1. The van der Waals surface area contributed by atoms with Gasteiger partial charge in [0.2, 0.25) is 5.56 Å². The van der Waals surface area contributed by atoms with E-state index in [1.165, 1.54) is 10.6 Å². The van der Waals surface area contributed by atoms with Gasteiger partial charge in [0.15, 0.2) is 5.75 Å². The van der Waals surface area contributed by atoms with Crippen molar-refractivity contribution in [1.82, 2.24) is 14.5 Å². The van der Waals surface area contributed by atoms with E-state index >= 15 is 0 Å². The Kier molecular flexibility index (Phi) is 6.54. The summed E-state index contributed by atoms with van der Waals surface area (Å²) in [6, 6.07) is 11.1. The van der Waals surface area contributed by atoms with Gasteiger partial charge in [-0.05, 0) is 38.0 Å². The van der Waals surface area contributed by atoms with Crippen molar-refractivity contribution in [3.8, 4) is 23.0 Å². The first kappa shape index (κ1) is 20.9. The van der Waals surface area contributed by atoms with Gasteiger partial charge in [-0.15, -0.1) is 0 Å². The highest BCUT2D eigenvalue weighted by molar-refractivity contribution is 6.32. The highest BCUT2D eigenvalue weighted by Gasteiger charge is 2.14. The molecule has 0 unspecified atom stereocenters. The zero-order valence-electron chi connectivity index (χ0n) is 17.1. The fraction of sp³-hybridized carbons (Fsp3) is 0.318. The Balaban J connectivity index is 2.04.